The molecule has 0 aromatic heterocycles. The standard InChI is InChI=1S/C29H31N3O4/c1-35-25-17-21-14-16-31(29(20-7-4-3-5-8-20)24(21)18-26(25)36-2)19-27(33)30-22-10-12-23(13-11-22)32-15-6-9-28(32)34/h3-5,7-8,10-13,17-18,29H,6,9,14-16,19H2,1-2H3,(H,30,33)/t29-/m0/s1. The zero-order valence-electron chi connectivity index (χ0n) is 20.7. The van der Waals surface area contributed by atoms with Crippen molar-refractivity contribution in [3.05, 3.63) is 83.4 Å². The lowest BCUT2D eigenvalue weighted by Gasteiger charge is -2.37. The molecule has 0 unspecified atom stereocenters. The maximum absolute atomic E-state index is 13.1. The van der Waals surface area contributed by atoms with Crippen molar-refractivity contribution in [2.75, 3.05) is 44.1 Å². The Bertz CT molecular complexity index is 1240. The van der Waals surface area contributed by atoms with E-state index in [0.29, 0.717) is 17.9 Å². The van der Waals surface area contributed by atoms with E-state index in [9.17, 15) is 9.59 Å². The number of nitrogens with zero attached hydrogens (tertiary/aromatic N) is 2. The molecule has 3 aromatic carbocycles. The highest BCUT2D eigenvalue weighted by atomic mass is 16.5. The maximum Gasteiger partial charge on any atom is 0.238 e. The smallest absolute Gasteiger partial charge is 0.238 e. The van der Waals surface area contributed by atoms with Gasteiger partial charge >= 0.3 is 0 Å². The lowest BCUT2D eigenvalue weighted by molar-refractivity contribution is -0.118. The average Bonchev–Trinajstić information content (AvgIpc) is 3.34. The summed E-state index contributed by atoms with van der Waals surface area (Å²) >= 11 is 0. The number of carbonyl (C=O) groups excluding carboxylic acids is 2. The minimum Gasteiger partial charge on any atom is -0.493 e. The van der Waals surface area contributed by atoms with E-state index in [1.54, 1.807) is 19.1 Å². The van der Waals surface area contributed by atoms with Gasteiger partial charge in [0.15, 0.2) is 11.5 Å². The number of hydrogen-bond donors (Lipinski definition) is 1. The van der Waals surface area contributed by atoms with Crippen LogP contribution in [0.5, 0.6) is 11.5 Å². The summed E-state index contributed by atoms with van der Waals surface area (Å²) in [5.41, 5.74) is 5.04. The maximum atomic E-state index is 13.1. The number of benzene rings is 3. The number of fused-ring (bicyclic) bond motifs is 1. The van der Waals surface area contributed by atoms with Gasteiger partial charge < -0.3 is 19.7 Å². The topological polar surface area (TPSA) is 71.1 Å². The van der Waals surface area contributed by atoms with E-state index < -0.39 is 0 Å². The monoisotopic (exact) mass is 485 g/mol. The van der Waals surface area contributed by atoms with Gasteiger partial charge in [-0.1, -0.05) is 30.3 Å². The van der Waals surface area contributed by atoms with Crippen LogP contribution in [0.2, 0.25) is 0 Å². The summed E-state index contributed by atoms with van der Waals surface area (Å²) in [6.07, 6.45) is 2.29. The number of amides is 2. The molecule has 1 saturated heterocycles. The van der Waals surface area contributed by atoms with Crippen LogP contribution in [0.15, 0.2) is 66.7 Å². The van der Waals surface area contributed by atoms with Crippen molar-refractivity contribution < 1.29 is 19.1 Å². The predicted octanol–water partition coefficient (Wildman–Crippen LogP) is 4.42. The van der Waals surface area contributed by atoms with Gasteiger partial charge in [-0.2, -0.15) is 0 Å². The highest BCUT2D eigenvalue weighted by Gasteiger charge is 2.31. The fourth-order valence-electron chi connectivity index (χ4n) is 5.22. The molecule has 0 saturated carbocycles. The highest BCUT2D eigenvalue weighted by molar-refractivity contribution is 5.96. The Morgan fingerprint density at radius 1 is 0.944 bits per heavy atom. The Balaban J connectivity index is 1.36. The van der Waals surface area contributed by atoms with E-state index in [1.807, 2.05) is 54.6 Å². The summed E-state index contributed by atoms with van der Waals surface area (Å²) in [6, 6.07) is 21.7. The number of carbonyl (C=O) groups is 2. The molecule has 1 N–H and O–H groups in total. The Kier molecular flexibility index (Phi) is 6.91. The van der Waals surface area contributed by atoms with Crippen LogP contribution in [0.1, 0.15) is 35.6 Å². The zero-order chi connectivity index (χ0) is 25.1. The van der Waals surface area contributed by atoms with Crippen molar-refractivity contribution in [3.63, 3.8) is 0 Å². The van der Waals surface area contributed by atoms with Crippen molar-refractivity contribution in [2.45, 2.75) is 25.3 Å². The number of hydrogen-bond acceptors (Lipinski definition) is 5. The molecule has 3 aromatic rings. The van der Waals surface area contributed by atoms with Gasteiger partial charge in [-0.15, -0.1) is 0 Å². The van der Waals surface area contributed by atoms with Gasteiger partial charge in [-0.3, -0.25) is 14.5 Å². The number of nitrogens with one attached hydrogen (secondary N) is 1. The summed E-state index contributed by atoms with van der Waals surface area (Å²) in [6.45, 7) is 1.74. The lowest BCUT2D eigenvalue weighted by atomic mass is 9.87. The Hall–Kier alpha value is -3.84. The van der Waals surface area contributed by atoms with Crippen molar-refractivity contribution in [2.24, 2.45) is 0 Å². The van der Waals surface area contributed by atoms with Crippen LogP contribution >= 0.6 is 0 Å². The normalized spacial score (nSPS) is 17.6. The second kappa shape index (κ2) is 10.4. The Labute approximate surface area is 211 Å². The van der Waals surface area contributed by atoms with Crippen LogP contribution < -0.4 is 19.7 Å². The first-order chi connectivity index (χ1) is 17.6. The van der Waals surface area contributed by atoms with Crippen LogP contribution in [0, 0.1) is 0 Å². The van der Waals surface area contributed by atoms with Gasteiger partial charge in [0.1, 0.15) is 0 Å². The molecular formula is C29H31N3O4. The summed E-state index contributed by atoms with van der Waals surface area (Å²) in [7, 11) is 3.29. The molecule has 5 rings (SSSR count). The molecule has 2 aliphatic heterocycles. The third-order valence-corrected chi connectivity index (χ3v) is 6.97. The molecule has 1 fully saturated rings. The van der Waals surface area contributed by atoms with Crippen LogP contribution in [0.25, 0.3) is 0 Å². The summed E-state index contributed by atoms with van der Waals surface area (Å²) in [5, 5.41) is 3.03. The molecule has 2 amide bonds. The summed E-state index contributed by atoms with van der Waals surface area (Å²) in [5.74, 6) is 1.47. The van der Waals surface area contributed by atoms with E-state index in [-0.39, 0.29) is 24.4 Å². The first-order valence-electron chi connectivity index (χ1n) is 12.3. The van der Waals surface area contributed by atoms with Crippen LogP contribution in [-0.2, 0) is 16.0 Å². The molecule has 0 aliphatic carbocycles. The van der Waals surface area contributed by atoms with E-state index >= 15 is 0 Å². The number of ether oxygens (including phenoxy) is 2. The van der Waals surface area contributed by atoms with E-state index in [1.165, 1.54) is 5.56 Å². The van der Waals surface area contributed by atoms with E-state index in [2.05, 4.69) is 22.3 Å². The minimum absolute atomic E-state index is 0.0788. The van der Waals surface area contributed by atoms with Crippen LogP contribution in [-0.4, -0.2) is 50.6 Å². The Morgan fingerprint density at radius 2 is 1.67 bits per heavy atom. The lowest BCUT2D eigenvalue weighted by Crippen LogP contribution is -2.41. The summed E-state index contributed by atoms with van der Waals surface area (Å²) in [4.78, 5) is 29.1. The van der Waals surface area contributed by atoms with Crippen molar-refractivity contribution >= 4 is 23.2 Å². The quantitative estimate of drug-likeness (QED) is 0.537. The molecule has 2 heterocycles. The van der Waals surface area contributed by atoms with Gasteiger partial charge in [0, 0.05) is 30.9 Å². The average molecular weight is 486 g/mol. The fraction of sp³-hybridized carbons (Fsp3) is 0.310. The first kappa shape index (κ1) is 23.9. The van der Waals surface area contributed by atoms with Gasteiger partial charge in [-0.05, 0) is 65.9 Å². The number of anilines is 2. The molecule has 0 radical (unpaired) electrons. The minimum atomic E-state index is -0.0796. The predicted molar refractivity (Wildman–Crippen MR) is 140 cm³/mol. The molecule has 0 bridgehead atoms. The highest BCUT2D eigenvalue weighted by Crippen LogP contribution is 2.40. The van der Waals surface area contributed by atoms with Crippen molar-refractivity contribution in [3.8, 4) is 11.5 Å². The zero-order valence-corrected chi connectivity index (χ0v) is 20.7. The molecule has 7 heteroatoms. The second-order valence-electron chi connectivity index (χ2n) is 9.18. The van der Waals surface area contributed by atoms with E-state index in [0.717, 1.165) is 48.4 Å². The molecule has 1 atom stereocenters. The molecule has 186 valence electrons. The number of rotatable bonds is 7. The summed E-state index contributed by atoms with van der Waals surface area (Å²) < 4.78 is 11.1. The van der Waals surface area contributed by atoms with Gasteiger partial charge in [0.05, 0.1) is 26.8 Å². The molecule has 36 heavy (non-hydrogen) atoms. The van der Waals surface area contributed by atoms with Gasteiger partial charge in [0.2, 0.25) is 11.8 Å². The van der Waals surface area contributed by atoms with Gasteiger partial charge in [0.25, 0.3) is 0 Å². The van der Waals surface area contributed by atoms with Gasteiger partial charge in [-0.25, -0.2) is 0 Å². The largest absolute Gasteiger partial charge is 0.493 e. The third kappa shape index (κ3) is 4.79. The SMILES string of the molecule is COc1cc2c(cc1OC)[C@H](c1ccccc1)N(CC(=O)Nc1ccc(N3CCCC3=O)cc1)CC2. The molecular weight excluding hydrogens is 454 g/mol. The first-order valence-corrected chi connectivity index (χ1v) is 12.3. The van der Waals surface area contributed by atoms with Crippen LogP contribution in [0.4, 0.5) is 11.4 Å². The fourth-order valence-corrected chi connectivity index (χ4v) is 5.22. The van der Waals surface area contributed by atoms with E-state index in [4.69, 9.17) is 9.47 Å². The number of methoxy groups -OCH3 is 2. The molecule has 7 nitrogen and oxygen atoms in total. The van der Waals surface area contributed by atoms with Crippen LogP contribution in [0.3, 0.4) is 0 Å². The third-order valence-electron chi connectivity index (χ3n) is 6.97. The molecule has 0 spiro atoms. The molecule has 2 aliphatic rings. The Morgan fingerprint density at radius 3 is 2.33 bits per heavy atom. The van der Waals surface area contributed by atoms with Crippen molar-refractivity contribution in [1.29, 1.82) is 0 Å². The second-order valence-corrected chi connectivity index (χ2v) is 9.18. The van der Waals surface area contributed by atoms with Crippen molar-refractivity contribution in [1.82, 2.24) is 4.90 Å².